The number of para-hydroxylation sites is 2. The van der Waals surface area contributed by atoms with Crippen LogP contribution in [0.15, 0.2) is 59.1 Å². The number of rotatable bonds is 0. The molecule has 24 heavy (non-hydrogen) atoms. The zero-order valence-electron chi connectivity index (χ0n) is 12.9. The maximum Gasteiger partial charge on any atom is 0.227 e. The number of benzene rings is 2. The molecule has 4 aromatic heterocycles. The number of fused-ring (bicyclic) bond motifs is 9. The Morgan fingerprint density at radius 3 is 2.83 bits per heavy atom. The molecule has 0 saturated carbocycles. The fourth-order valence-electron chi connectivity index (χ4n) is 3.77. The van der Waals surface area contributed by atoms with E-state index in [1.165, 1.54) is 0 Å². The van der Waals surface area contributed by atoms with Gasteiger partial charge >= 0.3 is 0 Å². The summed E-state index contributed by atoms with van der Waals surface area (Å²) in [7, 11) is 2.05. The lowest BCUT2D eigenvalue weighted by Crippen LogP contribution is -1.88. The lowest BCUT2D eigenvalue weighted by atomic mass is 10.1. The fraction of sp³-hybridized carbons (Fsp3) is 0.0526. The average Bonchev–Trinajstić information content (AvgIpc) is 3.25. The lowest BCUT2D eigenvalue weighted by molar-refractivity contribution is 0.654. The second kappa shape index (κ2) is 3.94. The minimum absolute atomic E-state index is 0.670. The Labute approximate surface area is 135 Å². The Morgan fingerprint density at radius 1 is 0.958 bits per heavy atom. The second-order valence-corrected chi connectivity index (χ2v) is 6.06. The Bertz CT molecular complexity index is 1420. The van der Waals surface area contributed by atoms with Crippen LogP contribution in [0.4, 0.5) is 0 Å². The molecule has 114 valence electrons. The normalized spacial score (nSPS) is 12.4. The van der Waals surface area contributed by atoms with Crippen LogP contribution in [0, 0.1) is 0 Å². The van der Waals surface area contributed by atoms with Crippen molar-refractivity contribution < 1.29 is 4.42 Å². The standard InChI is InChI=1S/C19H12N4O/c1-22-17-14(23-13-7-3-2-6-12(13)21-19(22)23)8-9-15-16(17)11-5-4-10-20-18(11)24-15/h2-10H,1H3. The van der Waals surface area contributed by atoms with Gasteiger partial charge in [0, 0.05) is 13.2 Å². The van der Waals surface area contributed by atoms with Crippen LogP contribution in [-0.4, -0.2) is 18.9 Å². The average molecular weight is 312 g/mol. The van der Waals surface area contributed by atoms with E-state index < -0.39 is 0 Å². The molecule has 0 spiro atoms. The molecule has 0 saturated heterocycles. The fourth-order valence-corrected chi connectivity index (χ4v) is 3.77. The molecule has 0 amide bonds. The summed E-state index contributed by atoms with van der Waals surface area (Å²) < 4.78 is 10.3. The molecule has 0 atom stereocenters. The van der Waals surface area contributed by atoms with E-state index in [2.05, 4.69) is 39.2 Å². The SMILES string of the molecule is Cn1c2c3c(ccc2n2c4ccccc4nc12)oc1ncccc13. The highest BCUT2D eigenvalue weighted by Gasteiger charge is 2.19. The molecule has 0 fully saturated rings. The quantitative estimate of drug-likeness (QED) is 0.421. The zero-order valence-corrected chi connectivity index (χ0v) is 12.9. The molecule has 0 unspecified atom stereocenters. The van der Waals surface area contributed by atoms with E-state index in [9.17, 15) is 0 Å². The summed E-state index contributed by atoms with van der Waals surface area (Å²) in [6.07, 6.45) is 1.76. The molecule has 5 nitrogen and oxygen atoms in total. The van der Waals surface area contributed by atoms with Gasteiger partial charge in [-0.1, -0.05) is 12.1 Å². The molecule has 0 N–H and O–H groups in total. The van der Waals surface area contributed by atoms with Gasteiger partial charge in [-0.25, -0.2) is 9.97 Å². The van der Waals surface area contributed by atoms with Crippen molar-refractivity contribution in [3.05, 3.63) is 54.7 Å². The van der Waals surface area contributed by atoms with E-state index in [-0.39, 0.29) is 0 Å². The smallest absolute Gasteiger partial charge is 0.227 e. The second-order valence-electron chi connectivity index (χ2n) is 6.06. The molecule has 5 heteroatoms. The molecular weight excluding hydrogens is 300 g/mol. The Balaban J connectivity index is 1.97. The maximum absolute atomic E-state index is 5.92. The van der Waals surface area contributed by atoms with Crippen molar-refractivity contribution in [2.45, 2.75) is 0 Å². The summed E-state index contributed by atoms with van der Waals surface area (Å²) in [4.78, 5) is 9.15. The third-order valence-corrected chi connectivity index (χ3v) is 4.78. The van der Waals surface area contributed by atoms with E-state index >= 15 is 0 Å². The number of nitrogens with zero attached hydrogens (tertiary/aromatic N) is 4. The molecule has 0 aliphatic heterocycles. The molecule has 0 aliphatic rings. The van der Waals surface area contributed by atoms with Gasteiger partial charge in [-0.3, -0.25) is 4.40 Å². The van der Waals surface area contributed by atoms with Crippen molar-refractivity contribution in [2.24, 2.45) is 7.05 Å². The van der Waals surface area contributed by atoms with Gasteiger partial charge in [-0.15, -0.1) is 0 Å². The van der Waals surface area contributed by atoms with Crippen molar-refractivity contribution in [1.82, 2.24) is 18.9 Å². The topological polar surface area (TPSA) is 48.3 Å². The first-order valence-corrected chi connectivity index (χ1v) is 7.85. The van der Waals surface area contributed by atoms with E-state index in [1.54, 1.807) is 6.20 Å². The van der Waals surface area contributed by atoms with Crippen LogP contribution < -0.4 is 0 Å². The summed E-state index contributed by atoms with van der Waals surface area (Å²) >= 11 is 0. The minimum atomic E-state index is 0.670. The predicted octanol–water partition coefficient (Wildman–Crippen LogP) is 4.27. The maximum atomic E-state index is 5.92. The first-order chi connectivity index (χ1) is 11.8. The van der Waals surface area contributed by atoms with Crippen LogP contribution in [0.5, 0.6) is 0 Å². The van der Waals surface area contributed by atoms with Gasteiger partial charge in [-0.05, 0) is 36.4 Å². The van der Waals surface area contributed by atoms with Crippen LogP contribution in [0.25, 0.3) is 49.9 Å². The number of furan rings is 1. The van der Waals surface area contributed by atoms with Gasteiger partial charge in [0.2, 0.25) is 11.5 Å². The van der Waals surface area contributed by atoms with Gasteiger partial charge in [0.1, 0.15) is 5.58 Å². The largest absolute Gasteiger partial charge is 0.438 e. The van der Waals surface area contributed by atoms with E-state index in [0.717, 1.165) is 44.2 Å². The van der Waals surface area contributed by atoms with E-state index in [0.29, 0.717) is 5.71 Å². The molecule has 0 bridgehead atoms. The highest BCUT2D eigenvalue weighted by molar-refractivity contribution is 6.17. The van der Waals surface area contributed by atoms with Gasteiger partial charge in [0.25, 0.3) is 0 Å². The summed E-state index contributed by atoms with van der Waals surface area (Å²) in [6.45, 7) is 0. The van der Waals surface area contributed by atoms with Crippen LogP contribution in [0.2, 0.25) is 0 Å². The number of aryl methyl sites for hydroxylation is 1. The minimum Gasteiger partial charge on any atom is -0.438 e. The Hall–Kier alpha value is -3.34. The number of hydrogen-bond acceptors (Lipinski definition) is 3. The van der Waals surface area contributed by atoms with Crippen LogP contribution in [-0.2, 0) is 7.05 Å². The van der Waals surface area contributed by atoms with Crippen molar-refractivity contribution in [3.8, 4) is 0 Å². The van der Waals surface area contributed by atoms with Crippen molar-refractivity contribution >= 4 is 49.9 Å². The Morgan fingerprint density at radius 2 is 1.88 bits per heavy atom. The highest BCUT2D eigenvalue weighted by atomic mass is 16.3. The van der Waals surface area contributed by atoms with Crippen LogP contribution >= 0.6 is 0 Å². The van der Waals surface area contributed by atoms with Gasteiger partial charge in [-0.2, -0.15) is 0 Å². The third kappa shape index (κ3) is 1.27. The van der Waals surface area contributed by atoms with E-state index in [4.69, 9.17) is 9.40 Å². The number of pyridine rings is 1. The van der Waals surface area contributed by atoms with Crippen molar-refractivity contribution in [1.29, 1.82) is 0 Å². The van der Waals surface area contributed by atoms with Crippen LogP contribution in [0.3, 0.4) is 0 Å². The first-order valence-electron chi connectivity index (χ1n) is 7.85. The molecular formula is C19H12N4O. The molecule has 6 rings (SSSR count). The number of hydrogen-bond donors (Lipinski definition) is 0. The van der Waals surface area contributed by atoms with Crippen molar-refractivity contribution in [3.63, 3.8) is 0 Å². The van der Waals surface area contributed by atoms with Gasteiger partial charge < -0.3 is 8.98 Å². The summed E-state index contributed by atoms with van der Waals surface area (Å²) in [6, 6.07) is 16.3. The number of aromatic nitrogens is 4. The lowest BCUT2D eigenvalue weighted by Gasteiger charge is -1.98. The summed E-state index contributed by atoms with van der Waals surface area (Å²) in [5, 5.41) is 2.12. The Kier molecular flexibility index (Phi) is 1.99. The third-order valence-electron chi connectivity index (χ3n) is 4.78. The van der Waals surface area contributed by atoms with Gasteiger partial charge in [0.05, 0.1) is 32.8 Å². The predicted molar refractivity (Wildman–Crippen MR) is 94.2 cm³/mol. The molecule has 2 aromatic carbocycles. The van der Waals surface area contributed by atoms with Crippen molar-refractivity contribution in [2.75, 3.05) is 0 Å². The zero-order chi connectivity index (χ0) is 15.8. The molecule has 0 aliphatic carbocycles. The van der Waals surface area contributed by atoms with Crippen LogP contribution in [0.1, 0.15) is 0 Å². The number of imidazole rings is 2. The molecule has 6 aromatic rings. The summed E-state index contributed by atoms with van der Waals surface area (Å²) in [5.41, 5.74) is 5.88. The van der Waals surface area contributed by atoms with Gasteiger partial charge in [0.15, 0.2) is 0 Å². The monoisotopic (exact) mass is 312 g/mol. The molecule has 4 heterocycles. The first kappa shape index (κ1) is 12.1. The van der Waals surface area contributed by atoms with E-state index in [1.807, 2.05) is 30.3 Å². The summed E-state index contributed by atoms with van der Waals surface area (Å²) in [5.74, 6) is 0.928. The highest BCUT2D eigenvalue weighted by Crippen LogP contribution is 2.36. The molecule has 0 radical (unpaired) electrons.